The minimum absolute atomic E-state index is 0.0522. The van der Waals surface area contributed by atoms with Gasteiger partial charge in [-0.15, -0.1) is 0 Å². The minimum Gasteiger partial charge on any atom is -0.355 e. The van der Waals surface area contributed by atoms with Crippen LogP contribution >= 0.6 is 0 Å². The predicted octanol–water partition coefficient (Wildman–Crippen LogP) is 4.76. The zero-order chi connectivity index (χ0) is 24.1. The summed E-state index contributed by atoms with van der Waals surface area (Å²) in [6.45, 7) is 4.14. The Hall–Kier alpha value is -3.23. The second-order valence-corrected chi connectivity index (χ2v) is 10.3. The number of nitrogens with one attached hydrogen (secondary N) is 1. The first-order valence-corrected chi connectivity index (χ1v) is 12.9. The predicted molar refractivity (Wildman–Crippen MR) is 133 cm³/mol. The van der Waals surface area contributed by atoms with E-state index in [0.717, 1.165) is 23.2 Å². The second kappa shape index (κ2) is 10.4. The summed E-state index contributed by atoms with van der Waals surface area (Å²) in [6, 6.07) is 17.3. The van der Waals surface area contributed by atoms with Gasteiger partial charge in [0.2, 0.25) is 15.9 Å². The number of anilines is 1. The fourth-order valence-corrected chi connectivity index (χ4v) is 5.93. The van der Waals surface area contributed by atoms with E-state index < -0.39 is 15.9 Å². The zero-order valence-electron chi connectivity index (χ0n) is 19.4. The van der Waals surface area contributed by atoms with Crippen LogP contribution in [-0.4, -0.2) is 36.9 Å². The van der Waals surface area contributed by atoms with Crippen LogP contribution in [0.3, 0.4) is 0 Å². The second-order valence-electron chi connectivity index (χ2n) is 8.45. The molecule has 178 valence electrons. The Balaban J connectivity index is 1.52. The monoisotopic (exact) mass is 479 g/mol. The number of aromatic nitrogens is 1. The summed E-state index contributed by atoms with van der Waals surface area (Å²) in [5.74, 6) is -0.416. The maximum Gasteiger partial charge on any atom is 0.248 e. The number of rotatable bonds is 7. The van der Waals surface area contributed by atoms with Gasteiger partial charge in [0, 0.05) is 18.8 Å². The Morgan fingerprint density at radius 1 is 1.18 bits per heavy atom. The molecule has 0 spiro atoms. The highest BCUT2D eigenvalue weighted by Gasteiger charge is 2.37. The third-order valence-electron chi connectivity index (χ3n) is 6.02. The van der Waals surface area contributed by atoms with Crippen LogP contribution < -0.4 is 5.32 Å². The Bertz CT molecular complexity index is 1280. The number of aryl methyl sites for hydroxylation is 2. The van der Waals surface area contributed by atoms with Crippen LogP contribution in [-0.2, 0) is 21.2 Å². The quantitative estimate of drug-likeness (QED) is 0.528. The molecule has 0 saturated carbocycles. The van der Waals surface area contributed by atoms with Gasteiger partial charge in [0.25, 0.3) is 0 Å². The highest BCUT2D eigenvalue weighted by atomic mass is 32.2. The molecule has 1 saturated heterocycles. The maximum absolute atomic E-state index is 13.6. The highest BCUT2D eigenvalue weighted by molar-refractivity contribution is 7.89. The van der Waals surface area contributed by atoms with Gasteiger partial charge in [0.05, 0.1) is 5.92 Å². The number of nitrogens with zero attached hydrogens (tertiary/aromatic N) is 2. The van der Waals surface area contributed by atoms with Crippen molar-refractivity contribution in [2.45, 2.75) is 38.0 Å². The van der Waals surface area contributed by atoms with E-state index in [0.29, 0.717) is 25.1 Å². The summed E-state index contributed by atoms with van der Waals surface area (Å²) in [6.07, 6.45) is 5.52. The van der Waals surface area contributed by atoms with Crippen LogP contribution in [0.1, 0.15) is 42.3 Å². The summed E-state index contributed by atoms with van der Waals surface area (Å²) in [5, 5.41) is 6.86. The molecule has 0 aliphatic carbocycles. The van der Waals surface area contributed by atoms with Crippen molar-refractivity contribution >= 4 is 33.8 Å². The van der Waals surface area contributed by atoms with Gasteiger partial charge < -0.3 is 9.84 Å². The Kier molecular flexibility index (Phi) is 7.29. The molecule has 1 aliphatic heterocycles. The Morgan fingerprint density at radius 3 is 2.74 bits per heavy atom. The van der Waals surface area contributed by atoms with Crippen molar-refractivity contribution in [3.63, 3.8) is 0 Å². The van der Waals surface area contributed by atoms with Crippen LogP contribution in [0, 0.1) is 12.8 Å². The number of carbonyl (C=O) groups excluding carboxylic acids is 1. The fourth-order valence-electron chi connectivity index (χ4n) is 4.15. The lowest BCUT2D eigenvalue weighted by atomic mass is 9.98. The molecule has 2 aromatic carbocycles. The lowest BCUT2D eigenvalue weighted by Crippen LogP contribution is -2.43. The third-order valence-corrected chi connectivity index (χ3v) is 8.04. The molecule has 1 aromatic heterocycles. The van der Waals surface area contributed by atoms with Gasteiger partial charge in [-0.3, -0.25) is 4.79 Å². The fraction of sp³-hybridized carbons (Fsp3) is 0.308. The van der Waals surface area contributed by atoms with E-state index in [2.05, 4.69) is 17.4 Å². The first-order valence-electron chi connectivity index (χ1n) is 11.5. The molecular weight excluding hydrogens is 450 g/mol. The van der Waals surface area contributed by atoms with Gasteiger partial charge in [-0.2, -0.15) is 4.31 Å². The summed E-state index contributed by atoms with van der Waals surface area (Å²) in [7, 11) is -3.89. The lowest BCUT2D eigenvalue weighted by Gasteiger charge is -2.31. The van der Waals surface area contributed by atoms with Gasteiger partial charge in [0.1, 0.15) is 5.69 Å². The van der Waals surface area contributed by atoms with Crippen LogP contribution in [0.5, 0.6) is 0 Å². The molecule has 0 radical (unpaired) electrons. The molecule has 8 heteroatoms. The van der Waals surface area contributed by atoms with Crippen LogP contribution in [0.2, 0.25) is 0 Å². The molecule has 1 atom stereocenters. The van der Waals surface area contributed by atoms with Crippen molar-refractivity contribution in [2.75, 3.05) is 18.4 Å². The zero-order valence-corrected chi connectivity index (χ0v) is 20.2. The molecule has 2 heterocycles. The van der Waals surface area contributed by atoms with Crippen LogP contribution in [0.15, 0.2) is 64.0 Å². The third kappa shape index (κ3) is 5.29. The first kappa shape index (κ1) is 23.9. The molecule has 1 fully saturated rings. The van der Waals surface area contributed by atoms with E-state index in [1.807, 2.05) is 54.6 Å². The first-order chi connectivity index (χ1) is 16.4. The van der Waals surface area contributed by atoms with Crippen molar-refractivity contribution in [3.05, 3.63) is 77.2 Å². The molecule has 34 heavy (non-hydrogen) atoms. The lowest BCUT2D eigenvalue weighted by molar-refractivity contribution is -0.120. The number of piperidine rings is 1. The smallest absolute Gasteiger partial charge is 0.248 e. The van der Waals surface area contributed by atoms with Gasteiger partial charge in [0.15, 0.2) is 10.7 Å². The van der Waals surface area contributed by atoms with E-state index in [9.17, 15) is 13.2 Å². The molecule has 1 N–H and O–H groups in total. The Labute approximate surface area is 200 Å². The SMILES string of the molecule is CCc1cccc(NC(=O)C2CCCN(S(=O)(=O)c3c(C)noc3C=Cc3ccccc3)C2)c1. The topological polar surface area (TPSA) is 92.5 Å². The van der Waals surface area contributed by atoms with Crippen LogP contribution in [0.4, 0.5) is 5.69 Å². The molecule has 1 unspecified atom stereocenters. The maximum atomic E-state index is 13.6. The minimum atomic E-state index is -3.89. The molecule has 7 nitrogen and oxygen atoms in total. The van der Waals surface area contributed by atoms with Crippen LogP contribution in [0.25, 0.3) is 12.2 Å². The Morgan fingerprint density at radius 2 is 1.97 bits per heavy atom. The summed E-state index contributed by atoms with van der Waals surface area (Å²) < 4.78 is 33.9. The summed E-state index contributed by atoms with van der Waals surface area (Å²) >= 11 is 0. The highest BCUT2D eigenvalue weighted by Crippen LogP contribution is 2.29. The number of sulfonamides is 1. The molecular formula is C26H29N3O4S. The van der Waals surface area contributed by atoms with E-state index in [1.165, 1.54) is 4.31 Å². The van der Waals surface area contributed by atoms with Gasteiger partial charge in [-0.05, 0) is 55.5 Å². The van der Waals surface area contributed by atoms with Crippen molar-refractivity contribution in [2.24, 2.45) is 5.92 Å². The molecule has 1 aliphatic rings. The molecule has 4 rings (SSSR count). The van der Waals surface area contributed by atoms with Crippen molar-refractivity contribution < 1.29 is 17.7 Å². The van der Waals surface area contributed by atoms with E-state index in [4.69, 9.17) is 4.52 Å². The van der Waals surface area contributed by atoms with Gasteiger partial charge in [-0.1, -0.05) is 60.6 Å². The standard InChI is InChI=1S/C26H29N3O4S/c1-3-20-11-7-13-23(17-20)27-26(30)22-12-8-16-29(18-22)34(31,32)25-19(2)28-33-24(25)15-14-21-9-5-4-6-10-21/h4-7,9-11,13-15,17,22H,3,8,12,16,18H2,1-2H3,(H,27,30). The number of benzene rings is 2. The van der Waals surface area contributed by atoms with Crippen molar-refractivity contribution in [3.8, 4) is 0 Å². The van der Waals surface area contributed by atoms with E-state index in [-0.39, 0.29) is 23.1 Å². The average molecular weight is 480 g/mol. The largest absolute Gasteiger partial charge is 0.355 e. The molecule has 3 aromatic rings. The molecule has 1 amide bonds. The summed E-state index contributed by atoms with van der Waals surface area (Å²) in [5.41, 5.74) is 3.08. The van der Waals surface area contributed by atoms with Gasteiger partial charge in [-0.25, -0.2) is 8.42 Å². The average Bonchev–Trinajstić information content (AvgIpc) is 3.24. The van der Waals surface area contributed by atoms with Gasteiger partial charge >= 0.3 is 0 Å². The number of hydrogen-bond acceptors (Lipinski definition) is 5. The number of carbonyl (C=O) groups is 1. The van der Waals surface area contributed by atoms with E-state index in [1.54, 1.807) is 19.1 Å². The normalized spacial score (nSPS) is 17.2. The number of hydrogen-bond donors (Lipinski definition) is 1. The van der Waals surface area contributed by atoms with E-state index >= 15 is 0 Å². The molecule has 0 bridgehead atoms. The summed E-state index contributed by atoms with van der Waals surface area (Å²) in [4.78, 5) is 13.0. The van der Waals surface area contributed by atoms with Crippen molar-refractivity contribution in [1.82, 2.24) is 9.46 Å². The van der Waals surface area contributed by atoms with Crippen molar-refractivity contribution in [1.29, 1.82) is 0 Å². The number of amides is 1.